The van der Waals surface area contributed by atoms with Gasteiger partial charge in [0, 0.05) is 16.8 Å². The summed E-state index contributed by atoms with van der Waals surface area (Å²) in [6.07, 6.45) is 0. The zero-order valence-corrected chi connectivity index (χ0v) is 32.5. The number of nitrogens with zero attached hydrogens (tertiary/aromatic N) is 1. The van der Waals surface area contributed by atoms with Crippen LogP contribution >= 0.6 is 0 Å². The molecule has 0 atom stereocenters. The van der Waals surface area contributed by atoms with Gasteiger partial charge in [-0.25, -0.2) is 0 Å². The van der Waals surface area contributed by atoms with Crippen LogP contribution in [0.4, 0.5) is 17.1 Å². The highest BCUT2D eigenvalue weighted by Crippen LogP contribution is 2.48. The maximum Gasteiger partial charge on any atom is 0.0540 e. The molecule has 0 unspecified atom stereocenters. The number of anilines is 3. The van der Waals surface area contributed by atoms with Crippen LogP contribution in [0, 0.1) is 0 Å². The van der Waals surface area contributed by atoms with Crippen LogP contribution < -0.4 is 4.90 Å². The van der Waals surface area contributed by atoms with Gasteiger partial charge in [-0.3, -0.25) is 0 Å². The molecule has 11 rings (SSSR count). The van der Waals surface area contributed by atoms with Crippen LogP contribution in [0.25, 0.3) is 87.6 Å². The highest BCUT2D eigenvalue weighted by Gasteiger charge is 2.22. The van der Waals surface area contributed by atoms with Gasteiger partial charge in [-0.15, -0.1) is 0 Å². The summed E-state index contributed by atoms with van der Waals surface area (Å²) in [6, 6.07) is 86.5. The van der Waals surface area contributed by atoms with E-state index in [2.05, 4.69) is 241 Å². The van der Waals surface area contributed by atoms with Crippen molar-refractivity contribution in [3.63, 3.8) is 0 Å². The van der Waals surface area contributed by atoms with Gasteiger partial charge in [0.1, 0.15) is 0 Å². The summed E-state index contributed by atoms with van der Waals surface area (Å²) in [5.41, 5.74) is 12.8. The first-order valence-electron chi connectivity index (χ1n) is 20.3. The Kier molecular flexibility index (Phi) is 8.56. The quantitative estimate of drug-likeness (QED) is 0.147. The summed E-state index contributed by atoms with van der Waals surface area (Å²) in [4.78, 5) is 2.45. The second-order valence-electron chi connectivity index (χ2n) is 15.3. The molecule has 1 heteroatoms. The van der Waals surface area contributed by atoms with Crippen molar-refractivity contribution in [3.8, 4) is 44.5 Å². The van der Waals surface area contributed by atoms with Crippen molar-refractivity contribution in [2.75, 3.05) is 4.90 Å². The number of benzene rings is 11. The van der Waals surface area contributed by atoms with Crippen LogP contribution in [0.15, 0.2) is 237 Å². The second-order valence-corrected chi connectivity index (χ2v) is 15.3. The molecule has 0 heterocycles. The molecule has 1 nitrogen and oxygen atoms in total. The maximum absolute atomic E-state index is 2.45. The van der Waals surface area contributed by atoms with Gasteiger partial charge in [0.25, 0.3) is 0 Å². The fourth-order valence-corrected chi connectivity index (χ4v) is 9.02. The van der Waals surface area contributed by atoms with Crippen LogP contribution in [-0.2, 0) is 0 Å². The zero-order valence-electron chi connectivity index (χ0n) is 32.5. The first-order chi connectivity index (χ1) is 29.3. The molecule has 0 aliphatic rings. The Labute approximate surface area is 344 Å². The van der Waals surface area contributed by atoms with E-state index in [1.807, 2.05) is 0 Å². The van der Waals surface area contributed by atoms with Gasteiger partial charge in [-0.2, -0.15) is 0 Å². The molecule has 276 valence electrons. The predicted octanol–water partition coefficient (Wildman–Crippen LogP) is 16.4. The van der Waals surface area contributed by atoms with E-state index in [-0.39, 0.29) is 0 Å². The third kappa shape index (κ3) is 6.21. The van der Waals surface area contributed by atoms with Crippen molar-refractivity contribution in [2.24, 2.45) is 0 Å². The Hall–Kier alpha value is -7.74. The van der Waals surface area contributed by atoms with E-state index in [1.54, 1.807) is 0 Å². The lowest BCUT2D eigenvalue weighted by Crippen LogP contribution is -2.11. The zero-order chi connectivity index (χ0) is 39.1. The molecule has 0 aliphatic carbocycles. The minimum atomic E-state index is 1.09. The fraction of sp³-hybridized carbons (Fsp3) is 0. The lowest BCUT2D eigenvalue weighted by Gasteiger charge is -2.29. The highest BCUT2D eigenvalue weighted by molar-refractivity contribution is 6.10. The van der Waals surface area contributed by atoms with E-state index in [9.17, 15) is 0 Å². The van der Waals surface area contributed by atoms with Gasteiger partial charge in [0.2, 0.25) is 0 Å². The molecule has 0 fully saturated rings. The van der Waals surface area contributed by atoms with Crippen LogP contribution in [0.5, 0.6) is 0 Å². The number of hydrogen-bond acceptors (Lipinski definition) is 1. The molecule has 11 aromatic carbocycles. The highest BCUT2D eigenvalue weighted by atomic mass is 15.1. The summed E-state index contributed by atoms with van der Waals surface area (Å²) >= 11 is 0. The van der Waals surface area contributed by atoms with Crippen LogP contribution in [0.3, 0.4) is 0 Å². The minimum Gasteiger partial charge on any atom is -0.310 e. The van der Waals surface area contributed by atoms with Crippen LogP contribution in [0.2, 0.25) is 0 Å². The van der Waals surface area contributed by atoms with E-state index >= 15 is 0 Å². The molecule has 0 saturated carbocycles. The third-order valence-corrected chi connectivity index (χ3v) is 11.8. The predicted molar refractivity (Wildman–Crippen MR) is 253 cm³/mol. The molecule has 59 heavy (non-hydrogen) atoms. The fourth-order valence-electron chi connectivity index (χ4n) is 9.02. The molecule has 0 N–H and O–H groups in total. The molecule has 0 saturated heterocycles. The SMILES string of the molecule is c1ccc(-c2cc(N(c3ccc(-c4cccc5ccccc45)cc3)c3cccc4ccccc34)cc(-c3ccccc3)c2-c2ccc3c(ccc4ccccc43)c2)cc1. The molecular weight excluding hydrogens is 711 g/mol. The van der Waals surface area contributed by atoms with Gasteiger partial charge in [-0.05, 0) is 119 Å². The lowest BCUT2D eigenvalue weighted by atomic mass is 9.85. The molecule has 0 aromatic heterocycles. The summed E-state index contributed by atoms with van der Waals surface area (Å²) in [5, 5.41) is 9.92. The molecular formula is C58H39N. The molecule has 0 aliphatic heterocycles. The van der Waals surface area contributed by atoms with Crippen molar-refractivity contribution < 1.29 is 0 Å². The topological polar surface area (TPSA) is 3.24 Å². The van der Waals surface area contributed by atoms with Crippen molar-refractivity contribution >= 4 is 60.2 Å². The van der Waals surface area contributed by atoms with E-state index in [1.165, 1.54) is 87.6 Å². The summed E-state index contributed by atoms with van der Waals surface area (Å²) in [7, 11) is 0. The molecule has 0 radical (unpaired) electrons. The number of hydrogen-bond donors (Lipinski definition) is 0. The molecule has 0 amide bonds. The number of fused-ring (bicyclic) bond motifs is 5. The van der Waals surface area contributed by atoms with Crippen molar-refractivity contribution in [1.29, 1.82) is 0 Å². The monoisotopic (exact) mass is 749 g/mol. The summed E-state index contributed by atoms with van der Waals surface area (Å²) in [6.45, 7) is 0. The molecule has 11 aromatic rings. The normalized spacial score (nSPS) is 11.4. The smallest absolute Gasteiger partial charge is 0.0540 e. The minimum absolute atomic E-state index is 1.09. The van der Waals surface area contributed by atoms with E-state index < -0.39 is 0 Å². The van der Waals surface area contributed by atoms with Gasteiger partial charge < -0.3 is 4.90 Å². The Bertz CT molecular complexity index is 3240. The average Bonchev–Trinajstić information content (AvgIpc) is 3.32. The van der Waals surface area contributed by atoms with Gasteiger partial charge >= 0.3 is 0 Å². The Morgan fingerprint density at radius 2 is 0.712 bits per heavy atom. The van der Waals surface area contributed by atoms with Crippen LogP contribution in [-0.4, -0.2) is 0 Å². The molecule has 0 spiro atoms. The lowest BCUT2D eigenvalue weighted by molar-refractivity contribution is 1.30. The van der Waals surface area contributed by atoms with Crippen LogP contribution in [0.1, 0.15) is 0 Å². The van der Waals surface area contributed by atoms with Crippen molar-refractivity contribution in [3.05, 3.63) is 237 Å². The van der Waals surface area contributed by atoms with E-state index in [0.717, 1.165) is 17.1 Å². The van der Waals surface area contributed by atoms with Gasteiger partial charge in [0.05, 0.1) is 5.69 Å². The van der Waals surface area contributed by atoms with Crippen molar-refractivity contribution in [1.82, 2.24) is 0 Å². The Balaban J connectivity index is 1.18. The number of rotatable bonds is 7. The first kappa shape index (κ1) is 34.5. The van der Waals surface area contributed by atoms with Gasteiger partial charge in [-0.1, -0.05) is 200 Å². The van der Waals surface area contributed by atoms with Crippen molar-refractivity contribution in [2.45, 2.75) is 0 Å². The average molecular weight is 750 g/mol. The second kappa shape index (κ2) is 14.6. The van der Waals surface area contributed by atoms with E-state index in [4.69, 9.17) is 0 Å². The molecule has 0 bridgehead atoms. The Morgan fingerprint density at radius 1 is 0.237 bits per heavy atom. The van der Waals surface area contributed by atoms with E-state index in [0.29, 0.717) is 0 Å². The summed E-state index contributed by atoms with van der Waals surface area (Å²) in [5.74, 6) is 0. The largest absolute Gasteiger partial charge is 0.310 e. The maximum atomic E-state index is 2.45. The third-order valence-electron chi connectivity index (χ3n) is 11.8. The van der Waals surface area contributed by atoms with Gasteiger partial charge in [0.15, 0.2) is 0 Å². The Morgan fingerprint density at radius 3 is 1.39 bits per heavy atom. The standard InChI is InChI=1S/C58H39N/c1-3-15-42(16-4-1)55-38-49(39-56(43-17-5-2-6-18-43)58(55)47-33-36-53-46(37-47)30-29-44-21-8-11-25-51(44)53)59(57-28-14-23-41-20-9-12-26-54(41)57)48-34-31-45(32-35-48)52-27-13-22-40-19-7-10-24-50(40)52/h1-39H. The summed E-state index contributed by atoms with van der Waals surface area (Å²) < 4.78 is 0. The first-order valence-corrected chi connectivity index (χ1v) is 20.3.